The number of nitrogens with one attached hydrogen (secondary N) is 1. The van der Waals surface area contributed by atoms with Crippen molar-refractivity contribution in [1.82, 2.24) is 9.97 Å². The number of fused-ring (bicyclic) bond motifs is 1. The number of nitrogens with zero attached hydrogens (tertiary/aromatic N) is 2. The Bertz CT molecular complexity index is 529. The molecule has 4 nitrogen and oxygen atoms in total. The minimum absolute atomic E-state index is 0.618. The SMILES string of the molecule is O=CC(Br)(Br)CCNc1ncnc2ccsc12. The van der Waals surface area contributed by atoms with Crippen LogP contribution in [0.25, 0.3) is 10.2 Å². The summed E-state index contributed by atoms with van der Waals surface area (Å²) >= 11 is 8.15. The van der Waals surface area contributed by atoms with Crippen molar-refractivity contribution >= 4 is 65.5 Å². The van der Waals surface area contributed by atoms with Gasteiger partial charge in [-0.15, -0.1) is 11.3 Å². The molecule has 0 radical (unpaired) electrons. The lowest BCUT2D eigenvalue weighted by Gasteiger charge is -2.13. The summed E-state index contributed by atoms with van der Waals surface area (Å²) < 4.78 is 0.377. The van der Waals surface area contributed by atoms with Gasteiger partial charge in [0.1, 0.15) is 21.7 Å². The molecular weight excluding hydrogens is 370 g/mol. The standard InChI is InChI=1S/C10H9Br2N3OS/c11-10(12,5-16)2-3-13-9-8-7(1-4-17-8)14-6-15-9/h1,4-6H,2-3H2,(H,13,14,15). The van der Waals surface area contributed by atoms with Crippen molar-refractivity contribution in [3.05, 3.63) is 17.8 Å². The first-order valence-electron chi connectivity index (χ1n) is 4.88. The van der Waals surface area contributed by atoms with E-state index in [4.69, 9.17) is 0 Å². The second-order valence-electron chi connectivity index (χ2n) is 3.41. The van der Waals surface area contributed by atoms with Gasteiger partial charge in [0.25, 0.3) is 0 Å². The maximum absolute atomic E-state index is 10.7. The number of rotatable bonds is 5. The van der Waals surface area contributed by atoms with E-state index in [1.165, 1.54) is 6.33 Å². The third kappa shape index (κ3) is 3.23. The molecule has 0 aromatic carbocycles. The normalized spacial score (nSPS) is 11.6. The smallest absolute Gasteiger partial charge is 0.147 e. The fourth-order valence-corrected chi connectivity index (χ4v) is 2.53. The summed E-state index contributed by atoms with van der Waals surface area (Å²) in [5.74, 6) is 0.812. The molecule has 2 heterocycles. The van der Waals surface area contributed by atoms with E-state index in [2.05, 4.69) is 47.1 Å². The van der Waals surface area contributed by atoms with Crippen LogP contribution in [0.4, 0.5) is 5.82 Å². The van der Waals surface area contributed by atoms with Gasteiger partial charge in [-0.25, -0.2) is 9.97 Å². The zero-order valence-electron chi connectivity index (χ0n) is 8.69. The molecule has 0 fully saturated rings. The highest BCUT2D eigenvalue weighted by Gasteiger charge is 2.20. The van der Waals surface area contributed by atoms with Gasteiger partial charge in [-0.05, 0) is 17.9 Å². The van der Waals surface area contributed by atoms with Crippen LogP contribution in [-0.4, -0.2) is 26.0 Å². The first-order chi connectivity index (χ1) is 8.12. The molecule has 0 bridgehead atoms. The van der Waals surface area contributed by atoms with E-state index in [0.717, 1.165) is 22.3 Å². The van der Waals surface area contributed by atoms with Gasteiger partial charge >= 0.3 is 0 Å². The zero-order chi connectivity index (χ0) is 12.3. The van der Waals surface area contributed by atoms with Crippen molar-refractivity contribution in [3.63, 3.8) is 0 Å². The number of hydrogen-bond acceptors (Lipinski definition) is 5. The van der Waals surface area contributed by atoms with Crippen molar-refractivity contribution in [2.75, 3.05) is 11.9 Å². The first kappa shape index (κ1) is 12.9. The lowest BCUT2D eigenvalue weighted by atomic mass is 10.3. The fraction of sp³-hybridized carbons (Fsp3) is 0.300. The van der Waals surface area contributed by atoms with Gasteiger partial charge in [0.2, 0.25) is 0 Å². The maximum atomic E-state index is 10.7. The molecule has 0 aliphatic heterocycles. The predicted molar refractivity (Wildman–Crippen MR) is 77.2 cm³/mol. The minimum atomic E-state index is -0.658. The average Bonchev–Trinajstić information content (AvgIpc) is 2.78. The summed E-state index contributed by atoms with van der Waals surface area (Å²) in [6, 6.07) is 1.96. The molecule has 0 saturated carbocycles. The summed E-state index contributed by atoms with van der Waals surface area (Å²) in [5, 5.41) is 5.19. The number of halogens is 2. The zero-order valence-corrected chi connectivity index (χ0v) is 12.7. The lowest BCUT2D eigenvalue weighted by Crippen LogP contribution is -2.18. The van der Waals surface area contributed by atoms with Crippen molar-refractivity contribution in [2.45, 2.75) is 9.65 Å². The van der Waals surface area contributed by atoms with E-state index in [1.807, 2.05) is 11.4 Å². The van der Waals surface area contributed by atoms with Crippen molar-refractivity contribution in [1.29, 1.82) is 0 Å². The number of aldehydes is 1. The Kier molecular flexibility index (Phi) is 4.11. The summed E-state index contributed by atoms with van der Waals surface area (Å²) in [4.78, 5) is 19.0. The molecule has 2 aromatic heterocycles. The molecule has 0 saturated heterocycles. The largest absolute Gasteiger partial charge is 0.369 e. The molecule has 2 rings (SSSR count). The molecule has 1 N–H and O–H groups in total. The van der Waals surface area contributed by atoms with E-state index in [1.54, 1.807) is 11.3 Å². The summed E-state index contributed by atoms with van der Waals surface area (Å²) in [6.07, 6.45) is 2.98. The number of hydrogen-bond donors (Lipinski definition) is 1. The minimum Gasteiger partial charge on any atom is -0.369 e. The molecule has 0 spiro atoms. The number of anilines is 1. The molecule has 0 unspecified atom stereocenters. The molecule has 0 aliphatic carbocycles. The Labute approximate surface area is 119 Å². The fourth-order valence-electron chi connectivity index (χ4n) is 1.32. The highest BCUT2D eigenvalue weighted by molar-refractivity contribution is 9.25. The molecule has 0 amide bonds. The summed E-state index contributed by atoms with van der Waals surface area (Å²) in [5.41, 5.74) is 0.937. The molecule has 0 atom stereocenters. The Morgan fingerprint density at radius 3 is 3.06 bits per heavy atom. The second kappa shape index (κ2) is 5.41. The number of carbonyl (C=O) groups excluding carboxylic acids is 1. The molecule has 7 heteroatoms. The van der Waals surface area contributed by atoms with Gasteiger partial charge < -0.3 is 10.1 Å². The third-order valence-corrected chi connectivity index (χ3v) is 4.24. The molecule has 17 heavy (non-hydrogen) atoms. The van der Waals surface area contributed by atoms with Crippen LogP contribution < -0.4 is 5.32 Å². The van der Waals surface area contributed by atoms with Gasteiger partial charge in [0.15, 0.2) is 0 Å². The van der Waals surface area contributed by atoms with Crippen molar-refractivity contribution < 1.29 is 4.79 Å². The van der Waals surface area contributed by atoms with Gasteiger partial charge in [-0.3, -0.25) is 0 Å². The van der Waals surface area contributed by atoms with Crippen molar-refractivity contribution in [3.8, 4) is 0 Å². The van der Waals surface area contributed by atoms with Crippen LogP contribution in [0.2, 0.25) is 0 Å². The second-order valence-corrected chi connectivity index (χ2v) is 8.22. The van der Waals surface area contributed by atoms with Gasteiger partial charge in [0.05, 0.1) is 10.2 Å². The molecule has 2 aromatic rings. The van der Waals surface area contributed by atoms with E-state index in [9.17, 15) is 4.79 Å². The Balaban J connectivity index is 2.04. The predicted octanol–water partition coefficient (Wildman–Crippen LogP) is 3.18. The highest BCUT2D eigenvalue weighted by Crippen LogP contribution is 2.28. The Hall–Kier alpha value is -0.530. The van der Waals surface area contributed by atoms with Crippen LogP contribution in [0.5, 0.6) is 0 Å². The van der Waals surface area contributed by atoms with Crippen molar-refractivity contribution in [2.24, 2.45) is 0 Å². The average molecular weight is 379 g/mol. The van der Waals surface area contributed by atoms with Crippen LogP contribution in [-0.2, 0) is 4.79 Å². The van der Waals surface area contributed by atoms with E-state index in [-0.39, 0.29) is 0 Å². The number of alkyl halides is 2. The Morgan fingerprint density at radius 2 is 2.29 bits per heavy atom. The Morgan fingerprint density at radius 1 is 1.47 bits per heavy atom. The quantitative estimate of drug-likeness (QED) is 0.641. The van der Waals surface area contributed by atoms with Gasteiger partial charge in [-0.2, -0.15) is 0 Å². The number of aromatic nitrogens is 2. The van der Waals surface area contributed by atoms with E-state index in [0.29, 0.717) is 13.0 Å². The first-order valence-corrected chi connectivity index (χ1v) is 7.35. The molecule has 0 aliphatic rings. The van der Waals surface area contributed by atoms with E-state index >= 15 is 0 Å². The highest BCUT2D eigenvalue weighted by atomic mass is 79.9. The maximum Gasteiger partial charge on any atom is 0.147 e. The van der Waals surface area contributed by atoms with E-state index < -0.39 is 3.23 Å². The van der Waals surface area contributed by atoms with Crippen LogP contribution in [0.1, 0.15) is 6.42 Å². The lowest BCUT2D eigenvalue weighted by molar-refractivity contribution is -0.107. The van der Waals surface area contributed by atoms with Gasteiger partial charge in [-0.1, -0.05) is 31.9 Å². The molecule has 90 valence electrons. The van der Waals surface area contributed by atoms with Gasteiger partial charge in [0, 0.05) is 6.54 Å². The van der Waals surface area contributed by atoms with Crippen LogP contribution in [0.15, 0.2) is 17.8 Å². The van der Waals surface area contributed by atoms with Crippen LogP contribution in [0.3, 0.4) is 0 Å². The molecular formula is C10H9Br2N3OS. The summed E-state index contributed by atoms with van der Waals surface area (Å²) in [6.45, 7) is 0.638. The van der Waals surface area contributed by atoms with Crippen LogP contribution in [0, 0.1) is 0 Å². The number of carbonyl (C=O) groups is 1. The van der Waals surface area contributed by atoms with Crippen LogP contribution >= 0.6 is 43.2 Å². The summed E-state index contributed by atoms with van der Waals surface area (Å²) in [7, 11) is 0. The number of thiophene rings is 1. The topological polar surface area (TPSA) is 54.9 Å². The third-order valence-electron chi connectivity index (χ3n) is 2.17. The monoisotopic (exact) mass is 377 g/mol.